The molecule has 0 aliphatic heterocycles. The highest BCUT2D eigenvalue weighted by Gasteiger charge is 2.26. The highest BCUT2D eigenvalue weighted by atomic mass is 32.2. The van der Waals surface area contributed by atoms with Crippen molar-refractivity contribution in [3.63, 3.8) is 0 Å². The van der Waals surface area contributed by atoms with Crippen LogP contribution < -0.4 is 10.0 Å². The van der Waals surface area contributed by atoms with Gasteiger partial charge in [0.05, 0.1) is 19.9 Å². The molecule has 0 heterocycles. The molecule has 1 unspecified atom stereocenters. The molecule has 2 N–H and O–H groups in total. The number of amides is 1. The number of carbonyl (C=O) groups excluding carboxylic acids is 2. The molecule has 7 nitrogen and oxygen atoms in total. The fourth-order valence-corrected chi connectivity index (χ4v) is 2.95. The Kier molecular flexibility index (Phi) is 7.10. The lowest BCUT2D eigenvalue weighted by atomic mass is 9.85. The van der Waals surface area contributed by atoms with E-state index in [1.165, 1.54) is 13.5 Å². The summed E-state index contributed by atoms with van der Waals surface area (Å²) >= 11 is 0. The second-order valence-electron chi connectivity index (χ2n) is 5.48. The number of esters is 1. The quantitative estimate of drug-likeness (QED) is 0.651. The van der Waals surface area contributed by atoms with E-state index in [0.29, 0.717) is 12.3 Å². The smallest absolute Gasteiger partial charge is 0.328 e. The number of hydrogen-bond donors (Lipinski definition) is 2. The molecule has 21 heavy (non-hydrogen) atoms. The Morgan fingerprint density at radius 2 is 1.86 bits per heavy atom. The first kappa shape index (κ1) is 17.9. The Labute approximate surface area is 125 Å². The number of carbonyl (C=O) groups is 2. The van der Waals surface area contributed by atoms with Gasteiger partial charge < -0.3 is 10.1 Å². The van der Waals surface area contributed by atoms with E-state index in [4.69, 9.17) is 4.74 Å². The van der Waals surface area contributed by atoms with E-state index < -0.39 is 27.9 Å². The summed E-state index contributed by atoms with van der Waals surface area (Å²) in [6, 6.07) is -0.716. The molecular weight excluding hydrogens is 296 g/mol. The number of hydrogen-bond acceptors (Lipinski definition) is 5. The molecule has 8 heteroatoms. The first-order valence-corrected chi connectivity index (χ1v) is 9.03. The van der Waals surface area contributed by atoms with Crippen LogP contribution in [0.25, 0.3) is 0 Å². The third-order valence-electron chi connectivity index (χ3n) is 3.61. The minimum atomic E-state index is -3.44. The van der Waals surface area contributed by atoms with Crippen molar-refractivity contribution in [3.05, 3.63) is 0 Å². The lowest BCUT2D eigenvalue weighted by molar-refractivity contribution is -0.145. The third-order valence-corrected chi connectivity index (χ3v) is 4.28. The van der Waals surface area contributed by atoms with Gasteiger partial charge in [-0.25, -0.2) is 17.9 Å². The van der Waals surface area contributed by atoms with Gasteiger partial charge in [0, 0.05) is 0 Å². The van der Waals surface area contributed by atoms with Gasteiger partial charge in [-0.1, -0.05) is 32.1 Å². The van der Waals surface area contributed by atoms with E-state index in [-0.39, 0.29) is 6.54 Å². The molecule has 122 valence electrons. The SMILES string of the molecule is COC(=O)C(CC1CCCCC1)NC(=O)CNS(C)(=O)=O. The van der Waals surface area contributed by atoms with Gasteiger partial charge in [0.2, 0.25) is 15.9 Å². The summed E-state index contributed by atoms with van der Waals surface area (Å²) in [5, 5.41) is 2.55. The summed E-state index contributed by atoms with van der Waals surface area (Å²) in [5.41, 5.74) is 0. The maximum absolute atomic E-state index is 11.7. The summed E-state index contributed by atoms with van der Waals surface area (Å²) in [6.45, 7) is -0.378. The summed E-state index contributed by atoms with van der Waals surface area (Å²) in [4.78, 5) is 23.5. The Hall–Kier alpha value is -1.15. The van der Waals surface area contributed by atoms with Gasteiger partial charge in [0.1, 0.15) is 6.04 Å². The molecule has 1 amide bonds. The van der Waals surface area contributed by atoms with Gasteiger partial charge >= 0.3 is 5.97 Å². The summed E-state index contributed by atoms with van der Waals surface area (Å²) in [7, 11) is -2.16. The van der Waals surface area contributed by atoms with Crippen molar-refractivity contribution in [1.82, 2.24) is 10.0 Å². The van der Waals surface area contributed by atoms with Gasteiger partial charge in [-0.3, -0.25) is 4.79 Å². The van der Waals surface area contributed by atoms with E-state index >= 15 is 0 Å². The predicted octanol–water partition coefficient (Wildman–Crippen LogP) is 0.164. The van der Waals surface area contributed by atoms with Gasteiger partial charge in [0.15, 0.2) is 0 Å². The molecule has 0 aromatic rings. The Morgan fingerprint density at radius 1 is 1.24 bits per heavy atom. The molecule has 0 radical (unpaired) electrons. The van der Waals surface area contributed by atoms with Gasteiger partial charge in [-0.15, -0.1) is 0 Å². The van der Waals surface area contributed by atoms with Gasteiger partial charge in [0.25, 0.3) is 0 Å². The van der Waals surface area contributed by atoms with E-state index in [2.05, 4.69) is 10.0 Å². The molecule has 1 saturated carbocycles. The molecule has 0 aromatic heterocycles. The van der Waals surface area contributed by atoms with E-state index in [1.807, 2.05) is 0 Å². The first-order chi connectivity index (χ1) is 9.81. The first-order valence-electron chi connectivity index (χ1n) is 7.13. The predicted molar refractivity (Wildman–Crippen MR) is 78.0 cm³/mol. The Bertz CT molecular complexity index is 457. The number of sulfonamides is 1. The van der Waals surface area contributed by atoms with Crippen LogP contribution in [0.3, 0.4) is 0 Å². The van der Waals surface area contributed by atoms with Crippen molar-refractivity contribution in [2.45, 2.75) is 44.6 Å². The van der Waals surface area contributed by atoms with Crippen LogP contribution in [-0.2, 0) is 24.3 Å². The van der Waals surface area contributed by atoms with Crippen molar-refractivity contribution in [2.24, 2.45) is 5.92 Å². The summed E-state index contributed by atoms with van der Waals surface area (Å²) in [6.07, 6.45) is 7.10. The highest BCUT2D eigenvalue weighted by Crippen LogP contribution is 2.27. The number of nitrogens with one attached hydrogen (secondary N) is 2. The molecule has 0 bridgehead atoms. The van der Waals surface area contributed by atoms with Crippen molar-refractivity contribution in [1.29, 1.82) is 0 Å². The molecule has 1 fully saturated rings. The monoisotopic (exact) mass is 320 g/mol. The standard InChI is InChI=1S/C13H24N2O5S/c1-20-13(17)11(8-10-6-4-3-5-7-10)15-12(16)9-14-21(2,18)19/h10-11,14H,3-9H2,1-2H3,(H,15,16). The van der Waals surface area contributed by atoms with Crippen LogP contribution in [0.4, 0.5) is 0 Å². The van der Waals surface area contributed by atoms with Crippen LogP contribution >= 0.6 is 0 Å². The van der Waals surface area contributed by atoms with Crippen LogP contribution in [-0.4, -0.2) is 46.2 Å². The number of methoxy groups -OCH3 is 1. The molecule has 1 atom stereocenters. The zero-order valence-corrected chi connectivity index (χ0v) is 13.4. The molecule has 0 spiro atoms. The highest BCUT2D eigenvalue weighted by molar-refractivity contribution is 7.88. The lowest BCUT2D eigenvalue weighted by Gasteiger charge is -2.25. The normalized spacial score (nSPS) is 18.0. The number of ether oxygens (including phenoxy) is 1. The fraction of sp³-hybridized carbons (Fsp3) is 0.846. The third kappa shape index (κ3) is 7.42. The van der Waals surface area contributed by atoms with E-state index in [9.17, 15) is 18.0 Å². The largest absolute Gasteiger partial charge is 0.467 e. The zero-order valence-electron chi connectivity index (χ0n) is 12.6. The lowest BCUT2D eigenvalue weighted by Crippen LogP contribution is -2.46. The van der Waals surface area contributed by atoms with Crippen LogP contribution in [0.1, 0.15) is 38.5 Å². The van der Waals surface area contributed by atoms with Gasteiger partial charge in [-0.2, -0.15) is 0 Å². The Balaban J connectivity index is 2.52. The minimum Gasteiger partial charge on any atom is -0.467 e. The van der Waals surface area contributed by atoms with Crippen molar-refractivity contribution in [2.75, 3.05) is 19.9 Å². The van der Waals surface area contributed by atoms with Crippen LogP contribution in [0.15, 0.2) is 0 Å². The molecular formula is C13H24N2O5S. The average molecular weight is 320 g/mol. The molecule has 0 saturated heterocycles. The Morgan fingerprint density at radius 3 is 2.38 bits per heavy atom. The van der Waals surface area contributed by atoms with Crippen molar-refractivity contribution in [3.8, 4) is 0 Å². The number of rotatable bonds is 7. The molecule has 1 aliphatic rings. The van der Waals surface area contributed by atoms with Crippen molar-refractivity contribution < 1.29 is 22.7 Å². The van der Waals surface area contributed by atoms with Crippen molar-refractivity contribution >= 4 is 21.9 Å². The van der Waals surface area contributed by atoms with E-state index in [1.54, 1.807) is 0 Å². The fourth-order valence-electron chi connectivity index (χ4n) is 2.55. The maximum atomic E-state index is 11.7. The summed E-state index contributed by atoms with van der Waals surface area (Å²) < 4.78 is 28.7. The van der Waals surface area contributed by atoms with E-state index in [0.717, 1.165) is 31.9 Å². The zero-order chi connectivity index (χ0) is 15.9. The van der Waals surface area contributed by atoms with Crippen LogP contribution in [0.2, 0.25) is 0 Å². The second-order valence-corrected chi connectivity index (χ2v) is 7.31. The molecule has 1 aliphatic carbocycles. The topological polar surface area (TPSA) is 102 Å². The van der Waals surface area contributed by atoms with Crippen LogP contribution in [0.5, 0.6) is 0 Å². The molecule has 0 aromatic carbocycles. The maximum Gasteiger partial charge on any atom is 0.328 e. The van der Waals surface area contributed by atoms with Gasteiger partial charge in [-0.05, 0) is 12.3 Å². The second kappa shape index (κ2) is 8.33. The summed E-state index contributed by atoms with van der Waals surface area (Å²) in [5.74, 6) is -0.633. The van der Waals surface area contributed by atoms with Crippen LogP contribution in [0, 0.1) is 5.92 Å². The average Bonchev–Trinajstić information content (AvgIpc) is 2.44. The minimum absolute atomic E-state index is 0.378. The molecule has 1 rings (SSSR count).